The SMILES string of the molecule is CCN(CC(C)(C)O)c1cc(C(=O)O)c(N)cc1F. The number of nitrogens with two attached hydrogens (primary N) is 1. The van der Waals surface area contributed by atoms with E-state index in [0.29, 0.717) is 6.54 Å². The molecule has 1 aromatic carbocycles. The minimum atomic E-state index is -1.21. The molecule has 19 heavy (non-hydrogen) atoms. The molecule has 0 aliphatic carbocycles. The molecule has 0 saturated carbocycles. The van der Waals surface area contributed by atoms with E-state index in [0.717, 1.165) is 6.07 Å². The summed E-state index contributed by atoms with van der Waals surface area (Å²) in [5.41, 5.74) is 4.31. The van der Waals surface area contributed by atoms with Crippen molar-refractivity contribution in [2.45, 2.75) is 26.4 Å². The second-order valence-electron chi connectivity index (χ2n) is 5.02. The quantitative estimate of drug-likeness (QED) is 0.709. The maximum atomic E-state index is 13.9. The standard InChI is InChI=1S/C13H19FN2O3/c1-4-16(7-13(2,3)19)11-5-8(12(17)18)10(15)6-9(11)14/h5-6,19H,4,7,15H2,1-3H3,(H,17,18). The Kier molecular flexibility index (Phi) is 4.36. The predicted octanol–water partition coefficient (Wildman–Crippen LogP) is 1.70. The van der Waals surface area contributed by atoms with Crippen molar-refractivity contribution in [3.8, 4) is 0 Å². The molecule has 5 nitrogen and oxygen atoms in total. The van der Waals surface area contributed by atoms with Gasteiger partial charge in [-0.05, 0) is 32.9 Å². The van der Waals surface area contributed by atoms with E-state index in [-0.39, 0.29) is 23.5 Å². The van der Waals surface area contributed by atoms with Crippen LogP contribution in [0.5, 0.6) is 0 Å². The van der Waals surface area contributed by atoms with Gasteiger partial charge in [-0.2, -0.15) is 0 Å². The lowest BCUT2D eigenvalue weighted by molar-refractivity contribution is 0.0698. The van der Waals surface area contributed by atoms with Crippen LogP contribution in [0.25, 0.3) is 0 Å². The summed E-state index contributed by atoms with van der Waals surface area (Å²) in [6.45, 7) is 5.61. The van der Waals surface area contributed by atoms with Gasteiger partial charge in [-0.25, -0.2) is 9.18 Å². The Hall–Kier alpha value is -1.82. The molecule has 0 radical (unpaired) electrons. The van der Waals surface area contributed by atoms with Crippen molar-refractivity contribution in [3.63, 3.8) is 0 Å². The number of halogens is 1. The van der Waals surface area contributed by atoms with Gasteiger partial charge in [0.1, 0.15) is 5.82 Å². The number of hydrogen-bond acceptors (Lipinski definition) is 4. The Bertz CT molecular complexity index is 484. The van der Waals surface area contributed by atoms with E-state index in [1.54, 1.807) is 25.7 Å². The molecule has 0 aliphatic rings. The molecule has 0 aromatic heterocycles. The van der Waals surface area contributed by atoms with Gasteiger partial charge >= 0.3 is 5.97 Å². The third kappa shape index (κ3) is 3.82. The maximum absolute atomic E-state index is 13.9. The summed E-state index contributed by atoms with van der Waals surface area (Å²) in [5, 5.41) is 18.8. The van der Waals surface area contributed by atoms with Crippen LogP contribution in [0.4, 0.5) is 15.8 Å². The van der Waals surface area contributed by atoms with Crippen molar-refractivity contribution < 1.29 is 19.4 Å². The van der Waals surface area contributed by atoms with Crippen LogP contribution in [0.1, 0.15) is 31.1 Å². The Morgan fingerprint density at radius 2 is 2.05 bits per heavy atom. The normalized spacial score (nSPS) is 11.4. The van der Waals surface area contributed by atoms with Gasteiger partial charge in [0.25, 0.3) is 0 Å². The highest BCUT2D eigenvalue weighted by molar-refractivity contribution is 5.95. The first kappa shape index (κ1) is 15.2. The Labute approximate surface area is 111 Å². The minimum absolute atomic E-state index is 0.118. The summed E-state index contributed by atoms with van der Waals surface area (Å²) in [6, 6.07) is 2.19. The van der Waals surface area contributed by atoms with Gasteiger partial charge < -0.3 is 20.8 Å². The summed E-state index contributed by atoms with van der Waals surface area (Å²) < 4.78 is 13.9. The molecule has 1 aromatic rings. The molecular weight excluding hydrogens is 251 g/mol. The van der Waals surface area contributed by atoms with Crippen LogP contribution in [0.2, 0.25) is 0 Å². The monoisotopic (exact) mass is 270 g/mol. The predicted molar refractivity (Wildman–Crippen MR) is 72.0 cm³/mol. The first-order valence-electron chi connectivity index (χ1n) is 5.95. The minimum Gasteiger partial charge on any atom is -0.478 e. The lowest BCUT2D eigenvalue weighted by Gasteiger charge is -2.30. The van der Waals surface area contributed by atoms with Crippen LogP contribution in [0.15, 0.2) is 12.1 Å². The summed E-state index contributed by atoms with van der Waals surface area (Å²) in [7, 11) is 0. The number of carbonyl (C=O) groups is 1. The van der Waals surface area contributed by atoms with Crippen molar-refractivity contribution in [2.75, 3.05) is 23.7 Å². The fraction of sp³-hybridized carbons (Fsp3) is 0.462. The van der Waals surface area contributed by atoms with Crippen molar-refractivity contribution >= 4 is 17.3 Å². The number of hydrogen-bond donors (Lipinski definition) is 3. The van der Waals surface area contributed by atoms with Crippen LogP contribution >= 0.6 is 0 Å². The molecule has 0 fully saturated rings. The molecule has 0 heterocycles. The van der Waals surface area contributed by atoms with Crippen LogP contribution < -0.4 is 10.6 Å². The molecule has 0 bridgehead atoms. The highest BCUT2D eigenvalue weighted by Crippen LogP contribution is 2.26. The van der Waals surface area contributed by atoms with Crippen molar-refractivity contribution in [3.05, 3.63) is 23.5 Å². The molecule has 0 saturated heterocycles. The number of carboxylic acid groups (broad SMARTS) is 1. The summed E-state index contributed by atoms with van der Waals surface area (Å²) >= 11 is 0. The van der Waals surface area contributed by atoms with E-state index in [9.17, 15) is 14.3 Å². The summed E-state index contributed by atoms with van der Waals surface area (Å²) in [6.07, 6.45) is 0. The smallest absolute Gasteiger partial charge is 0.337 e. The van der Waals surface area contributed by atoms with E-state index >= 15 is 0 Å². The average Bonchev–Trinajstić information content (AvgIpc) is 2.24. The van der Waals surface area contributed by atoms with Crippen LogP contribution in [-0.2, 0) is 0 Å². The molecular formula is C13H19FN2O3. The van der Waals surface area contributed by atoms with E-state index in [2.05, 4.69) is 0 Å². The zero-order chi connectivity index (χ0) is 14.8. The molecule has 0 spiro atoms. The van der Waals surface area contributed by atoms with E-state index in [1.807, 2.05) is 0 Å². The molecule has 0 unspecified atom stereocenters. The number of rotatable bonds is 5. The molecule has 6 heteroatoms. The van der Waals surface area contributed by atoms with Crippen LogP contribution in [0.3, 0.4) is 0 Å². The van der Waals surface area contributed by atoms with Crippen LogP contribution in [-0.4, -0.2) is 34.9 Å². The number of carboxylic acids is 1. The Morgan fingerprint density at radius 1 is 1.47 bits per heavy atom. The first-order valence-corrected chi connectivity index (χ1v) is 5.95. The number of benzene rings is 1. The summed E-state index contributed by atoms with van der Waals surface area (Å²) in [5.74, 6) is -1.81. The van der Waals surface area contributed by atoms with Gasteiger partial charge in [-0.3, -0.25) is 0 Å². The lowest BCUT2D eigenvalue weighted by Crippen LogP contribution is -2.39. The van der Waals surface area contributed by atoms with Gasteiger partial charge in [0.15, 0.2) is 0 Å². The number of aliphatic hydroxyl groups is 1. The molecule has 0 atom stereocenters. The van der Waals surface area contributed by atoms with Gasteiger partial charge in [0.05, 0.1) is 16.9 Å². The molecule has 0 amide bonds. The number of likely N-dealkylation sites (N-methyl/N-ethyl adjacent to an activating group) is 1. The average molecular weight is 270 g/mol. The van der Waals surface area contributed by atoms with E-state index in [1.165, 1.54) is 6.07 Å². The van der Waals surface area contributed by atoms with Crippen molar-refractivity contribution in [1.82, 2.24) is 0 Å². The summed E-state index contributed by atoms with van der Waals surface area (Å²) in [4.78, 5) is 12.6. The highest BCUT2D eigenvalue weighted by atomic mass is 19.1. The first-order chi connectivity index (χ1) is 8.65. The number of nitrogens with zero attached hydrogens (tertiary/aromatic N) is 1. The molecule has 1 rings (SSSR count). The van der Waals surface area contributed by atoms with Gasteiger partial charge in [0, 0.05) is 18.8 Å². The second-order valence-corrected chi connectivity index (χ2v) is 5.02. The fourth-order valence-corrected chi connectivity index (χ4v) is 1.84. The highest BCUT2D eigenvalue weighted by Gasteiger charge is 2.22. The second kappa shape index (κ2) is 5.44. The molecule has 106 valence electrons. The molecule has 0 aliphatic heterocycles. The van der Waals surface area contributed by atoms with Crippen molar-refractivity contribution in [2.24, 2.45) is 0 Å². The van der Waals surface area contributed by atoms with Gasteiger partial charge in [-0.1, -0.05) is 0 Å². The largest absolute Gasteiger partial charge is 0.478 e. The number of aromatic carboxylic acids is 1. The Morgan fingerprint density at radius 3 is 2.47 bits per heavy atom. The maximum Gasteiger partial charge on any atom is 0.337 e. The number of nitrogen functional groups attached to an aromatic ring is 1. The number of anilines is 2. The van der Waals surface area contributed by atoms with Gasteiger partial charge in [-0.15, -0.1) is 0 Å². The third-order valence-electron chi connectivity index (χ3n) is 2.65. The van der Waals surface area contributed by atoms with E-state index in [4.69, 9.17) is 10.8 Å². The Balaban J connectivity index is 3.24. The third-order valence-corrected chi connectivity index (χ3v) is 2.65. The zero-order valence-corrected chi connectivity index (χ0v) is 11.3. The fourth-order valence-electron chi connectivity index (χ4n) is 1.84. The van der Waals surface area contributed by atoms with E-state index < -0.39 is 17.4 Å². The lowest BCUT2D eigenvalue weighted by atomic mass is 10.1. The zero-order valence-electron chi connectivity index (χ0n) is 11.3. The van der Waals surface area contributed by atoms with Gasteiger partial charge in [0.2, 0.25) is 0 Å². The van der Waals surface area contributed by atoms with Crippen LogP contribution in [0, 0.1) is 5.82 Å². The molecule has 4 N–H and O–H groups in total. The van der Waals surface area contributed by atoms with Crippen molar-refractivity contribution in [1.29, 1.82) is 0 Å². The topological polar surface area (TPSA) is 86.8 Å².